The van der Waals surface area contributed by atoms with E-state index in [1.807, 2.05) is 20.8 Å². The van der Waals surface area contributed by atoms with Gasteiger partial charge in [-0.1, -0.05) is 20.8 Å². The standard InChI is InChI=1S/C10H15NO2/c1-10(2,3)8-7(13-4)5-6-11-9(8)12/h5-6H,1-4H3,(H,11,12). The lowest BCUT2D eigenvalue weighted by molar-refractivity contribution is 0.395. The summed E-state index contributed by atoms with van der Waals surface area (Å²) in [6.45, 7) is 5.96. The molecule has 1 rings (SSSR count). The first-order chi connectivity index (χ1) is 5.96. The molecule has 0 saturated carbocycles. The Morgan fingerprint density at radius 1 is 1.38 bits per heavy atom. The van der Waals surface area contributed by atoms with Crippen molar-refractivity contribution in [3.05, 3.63) is 28.2 Å². The Bertz CT molecular complexity index is 347. The molecule has 13 heavy (non-hydrogen) atoms. The minimum atomic E-state index is -0.194. The van der Waals surface area contributed by atoms with E-state index in [2.05, 4.69) is 4.98 Å². The van der Waals surface area contributed by atoms with E-state index < -0.39 is 0 Å². The fourth-order valence-electron chi connectivity index (χ4n) is 1.34. The molecule has 0 atom stereocenters. The molecule has 0 radical (unpaired) electrons. The number of H-pyrrole nitrogens is 1. The van der Waals surface area contributed by atoms with E-state index in [9.17, 15) is 4.79 Å². The summed E-state index contributed by atoms with van der Waals surface area (Å²) in [5.74, 6) is 0.649. The number of hydrogen-bond acceptors (Lipinski definition) is 2. The van der Waals surface area contributed by atoms with Crippen LogP contribution in [-0.4, -0.2) is 12.1 Å². The van der Waals surface area contributed by atoms with Gasteiger partial charge in [-0.15, -0.1) is 0 Å². The molecule has 0 aliphatic rings. The van der Waals surface area contributed by atoms with E-state index in [0.717, 1.165) is 0 Å². The number of methoxy groups -OCH3 is 1. The molecule has 0 saturated heterocycles. The summed E-state index contributed by atoms with van der Waals surface area (Å²) in [4.78, 5) is 14.2. The van der Waals surface area contributed by atoms with Crippen LogP contribution in [0.5, 0.6) is 5.75 Å². The van der Waals surface area contributed by atoms with Gasteiger partial charge in [0, 0.05) is 6.20 Å². The maximum atomic E-state index is 11.5. The number of pyridine rings is 1. The van der Waals surface area contributed by atoms with Crippen molar-refractivity contribution in [2.75, 3.05) is 7.11 Å². The fourth-order valence-corrected chi connectivity index (χ4v) is 1.34. The van der Waals surface area contributed by atoms with Gasteiger partial charge in [0.05, 0.1) is 12.7 Å². The second kappa shape index (κ2) is 3.24. The molecule has 0 bridgehead atoms. The van der Waals surface area contributed by atoms with Gasteiger partial charge in [0.15, 0.2) is 0 Å². The van der Waals surface area contributed by atoms with Crippen molar-refractivity contribution in [3.63, 3.8) is 0 Å². The second-order valence-corrected chi connectivity index (χ2v) is 4.00. The minimum absolute atomic E-state index is 0.0770. The molecule has 1 aromatic rings. The Balaban J connectivity index is 3.41. The van der Waals surface area contributed by atoms with Crippen molar-refractivity contribution >= 4 is 0 Å². The predicted octanol–water partition coefficient (Wildman–Crippen LogP) is 1.68. The minimum Gasteiger partial charge on any atom is -0.496 e. The molecular formula is C10H15NO2. The maximum absolute atomic E-state index is 11.5. The molecule has 3 heteroatoms. The van der Waals surface area contributed by atoms with E-state index >= 15 is 0 Å². The summed E-state index contributed by atoms with van der Waals surface area (Å²) in [6.07, 6.45) is 1.59. The molecule has 0 fully saturated rings. The largest absolute Gasteiger partial charge is 0.496 e. The number of ether oxygens (including phenoxy) is 1. The van der Waals surface area contributed by atoms with E-state index in [-0.39, 0.29) is 11.0 Å². The van der Waals surface area contributed by atoms with Crippen molar-refractivity contribution in [3.8, 4) is 5.75 Å². The van der Waals surface area contributed by atoms with Crippen molar-refractivity contribution in [1.82, 2.24) is 4.98 Å². The van der Waals surface area contributed by atoms with E-state index in [4.69, 9.17) is 4.74 Å². The summed E-state index contributed by atoms with van der Waals surface area (Å²) >= 11 is 0. The summed E-state index contributed by atoms with van der Waals surface area (Å²) in [5.41, 5.74) is 0.421. The molecule has 0 unspecified atom stereocenters. The molecule has 3 nitrogen and oxygen atoms in total. The third-order valence-corrected chi connectivity index (χ3v) is 1.89. The van der Waals surface area contributed by atoms with Crippen LogP contribution >= 0.6 is 0 Å². The molecular weight excluding hydrogens is 166 g/mol. The molecule has 0 spiro atoms. The Morgan fingerprint density at radius 2 is 2.00 bits per heavy atom. The number of aromatic amines is 1. The van der Waals surface area contributed by atoms with E-state index in [1.54, 1.807) is 19.4 Å². The third kappa shape index (κ3) is 1.91. The normalized spacial score (nSPS) is 11.4. The van der Waals surface area contributed by atoms with Crippen LogP contribution in [-0.2, 0) is 5.41 Å². The molecule has 72 valence electrons. The van der Waals surface area contributed by atoms with Gasteiger partial charge in [0.25, 0.3) is 5.56 Å². The van der Waals surface area contributed by atoms with Crippen molar-refractivity contribution in [1.29, 1.82) is 0 Å². The zero-order valence-corrected chi connectivity index (χ0v) is 8.47. The average Bonchev–Trinajstić information content (AvgIpc) is 2.01. The van der Waals surface area contributed by atoms with Crippen LogP contribution in [0.25, 0.3) is 0 Å². The number of aromatic nitrogens is 1. The fraction of sp³-hybridized carbons (Fsp3) is 0.500. The Kier molecular flexibility index (Phi) is 2.45. The van der Waals surface area contributed by atoms with Crippen LogP contribution in [0.15, 0.2) is 17.1 Å². The molecule has 1 N–H and O–H groups in total. The van der Waals surface area contributed by atoms with Crippen LogP contribution in [0.3, 0.4) is 0 Å². The highest BCUT2D eigenvalue weighted by molar-refractivity contribution is 5.35. The van der Waals surface area contributed by atoms with E-state index in [1.165, 1.54) is 0 Å². The molecule has 0 aliphatic heterocycles. The SMILES string of the molecule is COc1cc[nH]c(=O)c1C(C)(C)C. The summed E-state index contributed by atoms with van der Waals surface area (Å²) < 4.78 is 5.13. The summed E-state index contributed by atoms with van der Waals surface area (Å²) in [7, 11) is 1.57. The highest BCUT2D eigenvalue weighted by Crippen LogP contribution is 2.26. The van der Waals surface area contributed by atoms with Gasteiger partial charge in [-0.3, -0.25) is 4.79 Å². The van der Waals surface area contributed by atoms with Crippen LogP contribution in [0.2, 0.25) is 0 Å². The highest BCUT2D eigenvalue weighted by atomic mass is 16.5. The van der Waals surface area contributed by atoms with Gasteiger partial charge in [0.2, 0.25) is 0 Å². The lowest BCUT2D eigenvalue weighted by Crippen LogP contribution is -2.25. The zero-order chi connectivity index (χ0) is 10.1. The quantitative estimate of drug-likeness (QED) is 0.716. The van der Waals surface area contributed by atoms with Gasteiger partial charge in [0.1, 0.15) is 5.75 Å². The molecule has 0 amide bonds. The van der Waals surface area contributed by atoms with Gasteiger partial charge < -0.3 is 9.72 Å². The average molecular weight is 181 g/mol. The third-order valence-electron chi connectivity index (χ3n) is 1.89. The summed E-state index contributed by atoms with van der Waals surface area (Å²) in [5, 5.41) is 0. The first kappa shape index (κ1) is 9.84. The number of hydrogen-bond donors (Lipinski definition) is 1. The van der Waals surface area contributed by atoms with Gasteiger partial charge in [-0.25, -0.2) is 0 Å². The lowest BCUT2D eigenvalue weighted by Gasteiger charge is -2.20. The van der Waals surface area contributed by atoms with Crippen LogP contribution < -0.4 is 10.3 Å². The van der Waals surface area contributed by atoms with Crippen molar-refractivity contribution in [2.45, 2.75) is 26.2 Å². The molecule has 1 heterocycles. The molecule has 0 aliphatic carbocycles. The Labute approximate surface area is 77.8 Å². The first-order valence-corrected chi connectivity index (χ1v) is 4.23. The van der Waals surface area contributed by atoms with Gasteiger partial charge >= 0.3 is 0 Å². The first-order valence-electron chi connectivity index (χ1n) is 4.23. The Morgan fingerprint density at radius 3 is 2.38 bits per heavy atom. The van der Waals surface area contributed by atoms with Crippen molar-refractivity contribution in [2.24, 2.45) is 0 Å². The topological polar surface area (TPSA) is 42.1 Å². The number of rotatable bonds is 1. The Hall–Kier alpha value is -1.25. The monoisotopic (exact) mass is 181 g/mol. The van der Waals surface area contributed by atoms with Crippen LogP contribution in [0, 0.1) is 0 Å². The maximum Gasteiger partial charge on any atom is 0.255 e. The van der Waals surface area contributed by atoms with Crippen molar-refractivity contribution < 1.29 is 4.74 Å². The zero-order valence-electron chi connectivity index (χ0n) is 8.47. The predicted molar refractivity (Wildman–Crippen MR) is 52.3 cm³/mol. The molecule has 0 aromatic carbocycles. The summed E-state index contributed by atoms with van der Waals surface area (Å²) in [6, 6.07) is 1.77. The smallest absolute Gasteiger partial charge is 0.255 e. The second-order valence-electron chi connectivity index (χ2n) is 4.00. The number of nitrogens with one attached hydrogen (secondary N) is 1. The molecule has 1 aromatic heterocycles. The highest BCUT2D eigenvalue weighted by Gasteiger charge is 2.22. The van der Waals surface area contributed by atoms with Crippen LogP contribution in [0.4, 0.5) is 0 Å². The lowest BCUT2D eigenvalue weighted by atomic mass is 9.87. The van der Waals surface area contributed by atoms with Crippen LogP contribution in [0.1, 0.15) is 26.3 Å². The van der Waals surface area contributed by atoms with E-state index in [0.29, 0.717) is 11.3 Å². The van der Waals surface area contributed by atoms with Gasteiger partial charge in [-0.05, 0) is 11.5 Å². The van der Waals surface area contributed by atoms with Gasteiger partial charge in [-0.2, -0.15) is 0 Å².